The zero-order valence-corrected chi connectivity index (χ0v) is 15.3. The Kier molecular flexibility index (Phi) is 5.32. The fourth-order valence-corrected chi connectivity index (χ4v) is 3.68. The van der Waals surface area contributed by atoms with Crippen molar-refractivity contribution in [1.29, 1.82) is 0 Å². The summed E-state index contributed by atoms with van der Waals surface area (Å²) >= 11 is 1.32. The summed E-state index contributed by atoms with van der Waals surface area (Å²) in [5, 5.41) is 10.7. The van der Waals surface area contributed by atoms with Crippen LogP contribution in [-0.4, -0.2) is 34.7 Å². The minimum Gasteiger partial charge on any atom is -0.355 e. The first-order valence-electron chi connectivity index (χ1n) is 8.24. The summed E-state index contributed by atoms with van der Waals surface area (Å²) in [5.74, 6) is -0.788. The Balaban J connectivity index is 1.79. The minimum atomic E-state index is -0.287. The highest BCUT2D eigenvalue weighted by Gasteiger charge is 2.17. The molecule has 0 bridgehead atoms. The summed E-state index contributed by atoms with van der Waals surface area (Å²) in [6, 6.07) is 8.04. The first-order valence-corrected chi connectivity index (χ1v) is 9.06. The third-order valence-corrected chi connectivity index (χ3v) is 5.01. The minimum absolute atomic E-state index is 0.0540. The van der Waals surface area contributed by atoms with E-state index < -0.39 is 0 Å². The average Bonchev–Trinajstić information content (AvgIpc) is 3.17. The van der Waals surface area contributed by atoms with Crippen molar-refractivity contribution in [1.82, 2.24) is 20.4 Å². The quantitative estimate of drug-likeness (QED) is 0.696. The van der Waals surface area contributed by atoms with Crippen LogP contribution in [0.5, 0.6) is 0 Å². The number of benzene rings is 1. The molecule has 2 N–H and O–H groups in total. The van der Waals surface area contributed by atoms with Gasteiger partial charge in [0.2, 0.25) is 5.91 Å². The fourth-order valence-electron chi connectivity index (χ4n) is 2.60. The van der Waals surface area contributed by atoms with Gasteiger partial charge in [0, 0.05) is 11.9 Å². The zero-order chi connectivity index (χ0) is 18.7. The summed E-state index contributed by atoms with van der Waals surface area (Å²) in [5.41, 5.74) is 1.74. The lowest BCUT2D eigenvalue weighted by Gasteiger charge is -2.04. The summed E-state index contributed by atoms with van der Waals surface area (Å²) in [7, 11) is 0. The second kappa shape index (κ2) is 7.65. The normalized spacial score (nSPS) is 10.9. The van der Waals surface area contributed by atoms with E-state index in [-0.39, 0.29) is 24.2 Å². The van der Waals surface area contributed by atoms with Gasteiger partial charge in [0.15, 0.2) is 0 Å². The van der Waals surface area contributed by atoms with Crippen molar-refractivity contribution in [3.8, 4) is 0 Å². The second-order valence-corrected chi connectivity index (χ2v) is 6.87. The van der Waals surface area contributed by atoms with Gasteiger partial charge in [-0.15, -0.1) is 11.3 Å². The molecule has 0 aliphatic carbocycles. The molecule has 3 aromatic rings. The van der Waals surface area contributed by atoms with E-state index in [0.29, 0.717) is 18.0 Å². The molecule has 0 saturated heterocycles. The van der Waals surface area contributed by atoms with E-state index in [1.165, 1.54) is 23.5 Å². The lowest BCUT2D eigenvalue weighted by Crippen LogP contribution is -2.36. The number of carbonyl (C=O) groups excluding carboxylic acids is 2. The number of nitrogens with one attached hydrogen (secondary N) is 2. The molecule has 0 fully saturated rings. The van der Waals surface area contributed by atoms with E-state index in [1.807, 2.05) is 18.5 Å². The first kappa shape index (κ1) is 18.1. The summed E-state index contributed by atoms with van der Waals surface area (Å²) < 4.78 is 14.9. The Labute approximate surface area is 154 Å². The van der Waals surface area contributed by atoms with Crippen LogP contribution >= 0.6 is 11.3 Å². The van der Waals surface area contributed by atoms with Gasteiger partial charge in [-0.05, 0) is 37.6 Å². The van der Waals surface area contributed by atoms with Crippen LogP contribution in [0.2, 0.25) is 0 Å². The van der Waals surface area contributed by atoms with Crippen LogP contribution in [0.4, 0.5) is 4.39 Å². The standard InChI is InChI=1S/C18H19FN4O2S/c1-3-20-16(24)9-21-17(25)15-8-14-11(2)22-23(18(14)26-15)10-12-4-6-13(19)7-5-12/h4-8H,3,9-10H2,1-2H3,(H,20,24)(H,21,25). The molecule has 0 radical (unpaired) electrons. The number of hydrogen-bond donors (Lipinski definition) is 2. The summed E-state index contributed by atoms with van der Waals surface area (Å²) in [6.45, 7) is 4.66. The number of aromatic nitrogens is 2. The maximum atomic E-state index is 13.1. The summed E-state index contributed by atoms with van der Waals surface area (Å²) in [4.78, 5) is 25.2. The topological polar surface area (TPSA) is 76.0 Å². The van der Waals surface area contributed by atoms with Crippen molar-refractivity contribution >= 4 is 33.4 Å². The molecule has 1 aromatic carbocycles. The Morgan fingerprint density at radius 2 is 1.96 bits per heavy atom. The molecule has 0 spiro atoms. The van der Waals surface area contributed by atoms with Gasteiger partial charge in [0.05, 0.1) is 23.7 Å². The van der Waals surface area contributed by atoms with Crippen molar-refractivity contribution in [3.05, 3.63) is 52.3 Å². The molecule has 26 heavy (non-hydrogen) atoms. The number of amides is 2. The Morgan fingerprint density at radius 3 is 2.65 bits per heavy atom. The SMILES string of the molecule is CCNC(=O)CNC(=O)c1cc2c(C)nn(Cc3ccc(F)cc3)c2s1. The van der Waals surface area contributed by atoms with Gasteiger partial charge >= 0.3 is 0 Å². The van der Waals surface area contributed by atoms with E-state index in [4.69, 9.17) is 0 Å². The molecule has 6 nitrogen and oxygen atoms in total. The van der Waals surface area contributed by atoms with Crippen LogP contribution in [0.3, 0.4) is 0 Å². The van der Waals surface area contributed by atoms with Gasteiger partial charge < -0.3 is 10.6 Å². The fraction of sp³-hybridized carbons (Fsp3) is 0.278. The van der Waals surface area contributed by atoms with E-state index in [9.17, 15) is 14.0 Å². The molecule has 136 valence electrons. The maximum Gasteiger partial charge on any atom is 0.261 e. The largest absolute Gasteiger partial charge is 0.355 e. The molecular formula is C18H19FN4O2S. The number of carbonyl (C=O) groups is 2. The van der Waals surface area contributed by atoms with Gasteiger partial charge in [-0.2, -0.15) is 5.10 Å². The van der Waals surface area contributed by atoms with Gasteiger partial charge in [-0.3, -0.25) is 14.3 Å². The third kappa shape index (κ3) is 3.91. The molecule has 0 unspecified atom stereocenters. The van der Waals surface area contributed by atoms with Gasteiger partial charge in [-0.25, -0.2) is 4.39 Å². The number of likely N-dealkylation sites (N-methyl/N-ethyl adjacent to an activating group) is 1. The van der Waals surface area contributed by atoms with Gasteiger partial charge in [0.25, 0.3) is 5.91 Å². The zero-order valence-electron chi connectivity index (χ0n) is 14.5. The van der Waals surface area contributed by atoms with E-state index in [2.05, 4.69) is 15.7 Å². The van der Waals surface area contributed by atoms with Crippen molar-refractivity contribution in [3.63, 3.8) is 0 Å². The summed E-state index contributed by atoms with van der Waals surface area (Å²) in [6.07, 6.45) is 0. The average molecular weight is 374 g/mol. The molecular weight excluding hydrogens is 355 g/mol. The van der Waals surface area contributed by atoms with Crippen LogP contribution < -0.4 is 10.6 Å². The Bertz CT molecular complexity index is 946. The monoisotopic (exact) mass is 374 g/mol. The molecule has 0 aliphatic rings. The molecule has 2 heterocycles. The highest BCUT2D eigenvalue weighted by atomic mass is 32.1. The van der Waals surface area contributed by atoms with Crippen LogP contribution in [0.25, 0.3) is 10.2 Å². The number of nitrogens with zero attached hydrogens (tertiary/aromatic N) is 2. The molecule has 2 aromatic heterocycles. The van der Waals surface area contributed by atoms with Crippen molar-refractivity contribution in [2.75, 3.05) is 13.1 Å². The molecule has 8 heteroatoms. The maximum absolute atomic E-state index is 13.1. The van der Waals surface area contributed by atoms with Crippen molar-refractivity contribution in [2.45, 2.75) is 20.4 Å². The van der Waals surface area contributed by atoms with E-state index in [0.717, 1.165) is 21.5 Å². The number of thiophene rings is 1. The number of aryl methyl sites for hydroxylation is 1. The van der Waals surface area contributed by atoms with Gasteiger partial charge in [0.1, 0.15) is 10.6 Å². The number of fused-ring (bicyclic) bond motifs is 1. The second-order valence-electron chi connectivity index (χ2n) is 5.84. The Hall–Kier alpha value is -2.74. The predicted molar refractivity (Wildman–Crippen MR) is 98.9 cm³/mol. The van der Waals surface area contributed by atoms with Gasteiger partial charge in [-0.1, -0.05) is 12.1 Å². The number of halogens is 1. The van der Waals surface area contributed by atoms with Crippen LogP contribution in [0, 0.1) is 12.7 Å². The third-order valence-electron chi connectivity index (χ3n) is 3.86. The molecule has 0 atom stereocenters. The van der Waals surface area contributed by atoms with Crippen LogP contribution in [0.1, 0.15) is 27.9 Å². The molecule has 2 amide bonds. The van der Waals surface area contributed by atoms with Crippen LogP contribution in [-0.2, 0) is 11.3 Å². The number of rotatable bonds is 6. The smallest absolute Gasteiger partial charge is 0.261 e. The first-order chi connectivity index (χ1) is 12.5. The van der Waals surface area contributed by atoms with Crippen molar-refractivity contribution < 1.29 is 14.0 Å². The molecule has 3 rings (SSSR count). The molecule has 0 aliphatic heterocycles. The van der Waals surface area contributed by atoms with Crippen molar-refractivity contribution in [2.24, 2.45) is 0 Å². The lowest BCUT2D eigenvalue weighted by molar-refractivity contribution is -0.120. The highest BCUT2D eigenvalue weighted by Crippen LogP contribution is 2.28. The van der Waals surface area contributed by atoms with E-state index >= 15 is 0 Å². The van der Waals surface area contributed by atoms with Crippen LogP contribution in [0.15, 0.2) is 30.3 Å². The highest BCUT2D eigenvalue weighted by molar-refractivity contribution is 7.20. The predicted octanol–water partition coefficient (Wildman–Crippen LogP) is 2.46. The van der Waals surface area contributed by atoms with E-state index in [1.54, 1.807) is 18.2 Å². The Morgan fingerprint density at radius 1 is 1.23 bits per heavy atom. The lowest BCUT2D eigenvalue weighted by atomic mass is 10.2. The number of hydrogen-bond acceptors (Lipinski definition) is 4. The molecule has 0 saturated carbocycles.